The molecule has 6 nitrogen and oxygen atoms in total. The Balaban J connectivity index is 1.27. The summed E-state index contributed by atoms with van der Waals surface area (Å²) >= 11 is 0. The predicted octanol–water partition coefficient (Wildman–Crippen LogP) is 4.79. The van der Waals surface area contributed by atoms with Crippen molar-refractivity contribution in [2.45, 2.75) is 6.42 Å². The number of carbonyl (C=O) groups is 1. The Morgan fingerprint density at radius 1 is 0.875 bits per heavy atom. The Labute approximate surface area is 187 Å². The molecule has 4 rings (SSSR count). The fourth-order valence-electron chi connectivity index (χ4n) is 3.27. The van der Waals surface area contributed by atoms with E-state index in [1.165, 1.54) is 5.56 Å². The van der Waals surface area contributed by atoms with Gasteiger partial charge in [-0.25, -0.2) is 9.97 Å². The molecule has 0 atom stereocenters. The number of benzene rings is 3. The van der Waals surface area contributed by atoms with Gasteiger partial charge < -0.3 is 15.8 Å². The van der Waals surface area contributed by atoms with E-state index in [2.05, 4.69) is 39.6 Å². The van der Waals surface area contributed by atoms with Gasteiger partial charge in [0.05, 0.1) is 12.3 Å². The minimum atomic E-state index is -0.449. The molecule has 1 heterocycles. The zero-order chi connectivity index (χ0) is 22.2. The number of primary amides is 1. The van der Waals surface area contributed by atoms with Crippen molar-refractivity contribution in [3.63, 3.8) is 0 Å². The van der Waals surface area contributed by atoms with Gasteiger partial charge in [-0.05, 0) is 47.9 Å². The van der Waals surface area contributed by atoms with Gasteiger partial charge in [-0.3, -0.25) is 4.79 Å². The summed E-state index contributed by atoms with van der Waals surface area (Å²) in [4.78, 5) is 20.0. The quantitative estimate of drug-likeness (QED) is 0.377. The van der Waals surface area contributed by atoms with Crippen LogP contribution < -0.4 is 15.8 Å². The van der Waals surface area contributed by atoms with Crippen molar-refractivity contribution in [3.8, 4) is 28.1 Å². The average molecular weight is 425 g/mol. The van der Waals surface area contributed by atoms with Crippen LogP contribution in [0, 0.1) is 0 Å². The first-order valence-electron chi connectivity index (χ1n) is 10.4. The molecule has 6 heteroatoms. The number of amides is 1. The highest BCUT2D eigenvalue weighted by molar-refractivity contribution is 5.93. The van der Waals surface area contributed by atoms with Gasteiger partial charge in [0, 0.05) is 23.9 Å². The summed E-state index contributed by atoms with van der Waals surface area (Å²) in [6.45, 7) is 1.27. The lowest BCUT2D eigenvalue weighted by Gasteiger charge is -2.09. The van der Waals surface area contributed by atoms with E-state index in [9.17, 15) is 4.79 Å². The van der Waals surface area contributed by atoms with E-state index >= 15 is 0 Å². The molecule has 0 fully saturated rings. The number of anilines is 1. The number of nitrogens with two attached hydrogens (primary N) is 1. The van der Waals surface area contributed by atoms with Crippen molar-refractivity contribution >= 4 is 11.9 Å². The Bertz CT molecular complexity index is 1180. The molecule has 0 aliphatic rings. The van der Waals surface area contributed by atoms with E-state index < -0.39 is 5.91 Å². The van der Waals surface area contributed by atoms with Crippen molar-refractivity contribution in [2.24, 2.45) is 5.73 Å². The molecule has 0 saturated carbocycles. The second kappa shape index (κ2) is 10.2. The van der Waals surface area contributed by atoms with Crippen LogP contribution in [0.25, 0.3) is 22.4 Å². The minimum Gasteiger partial charge on any atom is -0.494 e. The van der Waals surface area contributed by atoms with Crippen LogP contribution in [0.2, 0.25) is 0 Å². The lowest BCUT2D eigenvalue weighted by atomic mass is 10.1. The predicted molar refractivity (Wildman–Crippen MR) is 126 cm³/mol. The molecule has 3 aromatic carbocycles. The first-order chi connectivity index (χ1) is 15.7. The van der Waals surface area contributed by atoms with Gasteiger partial charge >= 0.3 is 0 Å². The number of carbonyl (C=O) groups excluding carboxylic acids is 1. The molecule has 0 spiro atoms. The van der Waals surface area contributed by atoms with Crippen molar-refractivity contribution in [1.82, 2.24) is 9.97 Å². The number of nitrogens with one attached hydrogen (secondary N) is 1. The Hall–Kier alpha value is -4.19. The fraction of sp³-hybridized carbons (Fsp3) is 0.115. The van der Waals surface area contributed by atoms with Gasteiger partial charge in [-0.15, -0.1) is 0 Å². The van der Waals surface area contributed by atoms with E-state index in [0.29, 0.717) is 24.7 Å². The topological polar surface area (TPSA) is 90.1 Å². The van der Waals surface area contributed by atoms with E-state index in [0.717, 1.165) is 29.0 Å². The molecule has 32 heavy (non-hydrogen) atoms. The van der Waals surface area contributed by atoms with Crippen molar-refractivity contribution in [1.29, 1.82) is 0 Å². The number of aromatic nitrogens is 2. The van der Waals surface area contributed by atoms with Gasteiger partial charge in [0.15, 0.2) is 0 Å². The molecule has 0 saturated heterocycles. The Morgan fingerprint density at radius 2 is 1.66 bits per heavy atom. The van der Waals surface area contributed by atoms with E-state index in [4.69, 9.17) is 10.5 Å². The summed E-state index contributed by atoms with van der Waals surface area (Å²) in [5.41, 5.74) is 9.72. The van der Waals surface area contributed by atoms with Crippen LogP contribution in [-0.2, 0) is 0 Å². The van der Waals surface area contributed by atoms with Crippen LogP contribution in [0.15, 0.2) is 91.1 Å². The average Bonchev–Trinajstić information content (AvgIpc) is 2.85. The second-order valence-corrected chi connectivity index (χ2v) is 7.23. The van der Waals surface area contributed by atoms with E-state index in [1.807, 2.05) is 48.5 Å². The highest BCUT2D eigenvalue weighted by Gasteiger charge is 2.05. The zero-order valence-corrected chi connectivity index (χ0v) is 17.6. The van der Waals surface area contributed by atoms with Crippen LogP contribution in [0.3, 0.4) is 0 Å². The molecule has 0 aliphatic carbocycles. The van der Waals surface area contributed by atoms with Crippen LogP contribution >= 0.6 is 0 Å². The summed E-state index contributed by atoms with van der Waals surface area (Å²) in [5, 5.41) is 3.23. The third-order valence-corrected chi connectivity index (χ3v) is 4.93. The summed E-state index contributed by atoms with van der Waals surface area (Å²) in [5.74, 6) is 0.951. The Kier molecular flexibility index (Phi) is 6.72. The summed E-state index contributed by atoms with van der Waals surface area (Å²) < 4.78 is 5.91. The fourth-order valence-corrected chi connectivity index (χ4v) is 3.27. The molecule has 4 aromatic rings. The molecule has 1 amide bonds. The number of rotatable bonds is 9. The highest BCUT2D eigenvalue weighted by Crippen LogP contribution is 2.23. The van der Waals surface area contributed by atoms with Gasteiger partial charge in [0.25, 0.3) is 0 Å². The van der Waals surface area contributed by atoms with Crippen molar-refractivity contribution < 1.29 is 9.53 Å². The summed E-state index contributed by atoms with van der Waals surface area (Å²) in [7, 11) is 0. The van der Waals surface area contributed by atoms with E-state index in [1.54, 1.807) is 18.3 Å². The summed E-state index contributed by atoms with van der Waals surface area (Å²) in [6.07, 6.45) is 2.51. The van der Waals surface area contributed by atoms with Crippen LogP contribution in [0.1, 0.15) is 16.8 Å². The van der Waals surface area contributed by atoms with Crippen LogP contribution in [-0.4, -0.2) is 29.0 Å². The number of hydrogen-bond donors (Lipinski definition) is 2. The largest absolute Gasteiger partial charge is 0.494 e. The number of nitrogens with zero attached hydrogens (tertiary/aromatic N) is 2. The lowest BCUT2D eigenvalue weighted by Crippen LogP contribution is -2.10. The van der Waals surface area contributed by atoms with Crippen molar-refractivity contribution in [2.75, 3.05) is 18.5 Å². The first kappa shape index (κ1) is 21.1. The third-order valence-electron chi connectivity index (χ3n) is 4.93. The maximum absolute atomic E-state index is 11.2. The smallest absolute Gasteiger partial charge is 0.248 e. The molecular weight excluding hydrogens is 400 g/mol. The molecule has 0 bridgehead atoms. The normalized spacial score (nSPS) is 10.5. The molecular formula is C26H24N4O2. The standard InChI is InChI=1S/C26H24N4O2/c27-25(31)21-12-10-20(11-13-21)24-14-16-29-26(30-24)28-15-5-17-32-23-9-4-8-22(18-23)19-6-2-1-3-7-19/h1-4,6-14,16,18H,5,15,17H2,(H2,27,31)(H,28,29,30). The maximum Gasteiger partial charge on any atom is 0.248 e. The minimum absolute atomic E-state index is 0.449. The van der Waals surface area contributed by atoms with Gasteiger partial charge in [-0.2, -0.15) is 0 Å². The highest BCUT2D eigenvalue weighted by atomic mass is 16.5. The molecule has 0 radical (unpaired) electrons. The molecule has 0 aliphatic heterocycles. The van der Waals surface area contributed by atoms with Crippen LogP contribution in [0.4, 0.5) is 5.95 Å². The zero-order valence-electron chi connectivity index (χ0n) is 17.6. The number of ether oxygens (including phenoxy) is 1. The molecule has 3 N–H and O–H groups in total. The van der Waals surface area contributed by atoms with Gasteiger partial charge in [0.1, 0.15) is 5.75 Å². The Morgan fingerprint density at radius 3 is 2.44 bits per heavy atom. The summed E-state index contributed by atoms with van der Waals surface area (Å²) in [6, 6.07) is 27.2. The second-order valence-electron chi connectivity index (χ2n) is 7.23. The van der Waals surface area contributed by atoms with E-state index in [-0.39, 0.29) is 0 Å². The molecule has 1 aromatic heterocycles. The van der Waals surface area contributed by atoms with Crippen molar-refractivity contribution in [3.05, 3.63) is 96.7 Å². The SMILES string of the molecule is NC(=O)c1ccc(-c2ccnc(NCCCOc3cccc(-c4ccccc4)c3)n2)cc1. The lowest BCUT2D eigenvalue weighted by molar-refractivity contribution is 0.100. The maximum atomic E-state index is 11.2. The third kappa shape index (κ3) is 5.49. The molecule has 0 unspecified atom stereocenters. The van der Waals surface area contributed by atoms with Gasteiger partial charge in [-0.1, -0.05) is 54.6 Å². The van der Waals surface area contributed by atoms with Crippen LogP contribution in [0.5, 0.6) is 5.75 Å². The van der Waals surface area contributed by atoms with Gasteiger partial charge in [0.2, 0.25) is 11.9 Å². The number of hydrogen-bond acceptors (Lipinski definition) is 5. The molecule has 160 valence electrons. The monoisotopic (exact) mass is 424 g/mol. The first-order valence-corrected chi connectivity index (χ1v) is 10.4.